The van der Waals surface area contributed by atoms with E-state index >= 15 is 0 Å². The predicted molar refractivity (Wildman–Crippen MR) is 61.2 cm³/mol. The minimum absolute atomic E-state index is 0.513. The first-order chi connectivity index (χ1) is 6.59. The van der Waals surface area contributed by atoms with E-state index in [1.807, 2.05) is 26.0 Å². The highest BCUT2D eigenvalue weighted by molar-refractivity contribution is 6.33. The van der Waals surface area contributed by atoms with Crippen molar-refractivity contribution in [3.8, 4) is 0 Å². The van der Waals surface area contributed by atoms with Crippen LogP contribution in [-0.2, 0) is 0 Å². The van der Waals surface area contributed by atoms with Gasteiger partial charge in [-0.1, -0.05) is 23.2 Å². The van der Waals surface area contributed by atoms with Gasteiger partial charge in [-0.3, -0.25) is 0 Å². The van der Waals surface area contributed by atoms with Gasteiger partial charge in [-0.05, 0) is 43.2 Å². The smallest absolute Gasteiger partial charge is 0.129 e. The van der Waals surface area contributed by atoms with E-state index in [9.17, 15) is 0 Å². The maximum atomic E-state index is 6.14. The van der Waals surface area contributed by atoms with Crippen molar-refractivity contribution in [2.24, 2.45) is 0 Å². The molecule has 1 aromatic heterocycles. The Morgan fingerprint density at radius 3 is 2.57 bits per heavy atom. The summed E-state index contributed by atoms with van der Waals surface area (Å²) < 4.78 is 0. The van der Waals surface area contributed by atoms with Crippen molar-refractivity contribution in [1.29, 1.82) is 0 Å². The van der Waals surface area contributed by atoms with Gasteiger partial charge in [-0.2, -0.15) is 0 Å². The summed E-state index contributed by atoms with van der Waals surface area (Å²) in [6, 6.07) is 5.68. The van der Waals surface area contributed by atoms with Gasteiger partial charge in [0.25, 0.3) is 0 Å². The third kappa shape index (κ3) is 1.47. The molecule has 0 N–H and O–H groups in total. The molecular formula is C11H9Cl2N. The molecule has 0 fully saturated rings. The van der Waals surface area contributed by atoms with Crippen molar-refractivity contribution in [3.05, 3.63) is 39.5 Å². The van der Waals surface area contributed by atoms with Crippen molar-refractivity contribution < 1.29 is 0 Å². The molecule has 2 rings (SSSR count). The Hall–Kier alpha value is -0.790. The van der Waals surface area contributed by atoms with Gasteiger partial charge in [-0.25, -0.2) is 4.98 Å². The molecule has 0 aliphatic rings. The highest BCUT2D eigenvalue weighted by Gasteiger charge is 2.06. The molecule has 0 radical (unpaired) electrons. The highest BCUT2D eigenvalue weighted by atomic mass is 35.5. The van der Waals surface area contributed by atoms with E-state index in [1.54, 1.807) is 6.07 Å². The van der Waals surface area contributed by atoms with E-state index in [4.69, 9.17) is 23.2 Å². The van der Waals surface area contributed by atoms with E-state index in [2.05, 4.69) is 4.98 Å². The van der Waals surface area contributed by atoms with Gasteiger partial charge in [0.1, 0.15) is 5.15 Å². The average Bonchev–Trinajstić information content (AvgIpc) is 2.14. The molecule has 1 nitrogen and oxygen atoms in total. The number of pyridine rings is 1. The lowest BCUT2D eigenvalue weighted by atomic mass is 10.1. The lowest BCUT2D eigenvalue weighted by molar-refractivity contribution is 1.35. The summed E-state index contributed by atoms with van der Waals surface area (Å²) in [5, 5.41) is 2.38. The number of aromatic nitrogens is 1. The van der Waals surface area contributed by atoms with Crippen molar-refractivity contribution in [2.45, 2.75) is 13.8 Å². The minimum Gasteiger partial charge on any atom is -0.236 e. The molecule has 14 heavy (non-hydrogen) atoms. The Balaban J connectivity index is 2.91. The van der Waals surface area contributed by atoms with Crippen LogP contribution in [0, 0.1) is 13.8 Å². The molecule has 0 amide bonds. The molecule has 3 heteroatoms. The number of benzene rings is 1. The molecule has 0 aliphatic carbocycles. The average molecular weight is 226 g/mol. The molecule has 1 aromatic carbocycles. The maximum absolute atomic E-state index is 6.14. The summed E-state index contributed by atoms with van der Waals surface area (Å²) in [4.78, 5) is 4.25. The lowest BCUT2D eigenvalue weighted by Crippen LogP contribution is -1.87. The van der Waals surface area contributed by atoms with Gasteiger partial charge in [0.2, 0.25) is 0 Å². The Morgan fingerprint density at radius 1 is 1.14 bits per heavy atom. The van der Waals surface area contributed by atoms with Crippen LogP contribution in [0.5, 0.6) is 0 Å². The van der Waals surface area contributed by atoms with Crippen LogP contribution in [0.4, 0.5) is 0 Å². The molecule has 1 heterocycles. The fourth-order valence-electron chi connectivity index (χ4n) is 1.56. The largest absolute Gasteiger partial charge is 0.236 e. The first kappa shape index (κ1) is 9.75. The molecule has 0 atom stereocenters. The van der Waals surface area contributed by atoms with Crippen molar-refractivity contribution in [2.75, 3.05) is 0 Å². The molecule has 2 aromatic rings. The highest BCUT2D eigenvalue weighted by Crippen LogP contribution is 2.28. The van der Waals surface area contributed by atoms with Crippen molar-refractivity contribution in [1.82, 2.24) is 4.98 Å². The summed E-state index contributed by atoms with van der Waals surface area (Å²) in [5.41, 5.74) is 2.99. The quantitative estimate of drug-likeness (QED) is 0.614. The molecule has 72 valence electrons. The van der Waals surface area contributed by atoms with Crippen LogP contribution in [-0.4, -0.2) is 4.98 Å². The standard InChI is InChI=1S/C11H9Cl2N/c1-6-5-9-8(7(2)11(6)13)3-4-10(12)14-9/h3-5H,1-2H3. The zero-order valence-electron chi connectivity index (χ0n) is 7.94. The number of rotatable bonds is 0. The zero-order chi connectivity index (χ0) is 10.3. The first-order valence-electron chi connectivity index (χ1n) is 4.31. The van der Waals surface area contributed by atoms with Crippen LogP contribution in [0.3, 0.4) is 0 Å². The second-order valence-electron chi connectivity index (χ2n) is 3.33. The molecule has 0 saturated heterocycles. The van der Waals surface area contributed by atoms with Gasteiger partial charge >= 0.3 is 0 Å². The number of hydrogen-bond donors (Lipinski definition) is 0. The van der Waals surface area contributed by atoms with E-state index in [1.165, 1.54) is 0 Å². The molecule has 0 saturated carbocycles. The number of fused-ring (bicyclic) bond motifs is 1. The van der Waals surface area contributed by atoms with Crippen LogP contribution in [0.2, 0.25) is 10.2 Å². The molecular weight excluding hydrogens is 217 g/mol. The number of aryl methyl sites for hydroxylation is 2. The monoisotopic (exact) mass is 225 g/mol. The third-order valence-corrected chi connectivity index (χ3v) is 3.12. The summed E-state index contributed by atoms with van der Waals surface area (Å²) in [5.74, 6) is 0. The van der Waals surface area contributed by atoms with Crippen LogP contribution in [0.25, 0.3) is 10.9 Å². The molecule has 0 unspecified atom stereocenters. The Kier molecular flexibility index (Phi) is 2.38. The predicted octanol–water partition coefficient (Wildman–Crippen LogP) is 4.16. The second kappa shape index (κ2) is 3.41. The van der Waals surface area contributed by atoms with Gasteiger partial charge in [-0.15, -0.1) is 0 Å². The summed E-state index contributed by atoms with van der Waals surface area (Å²) >= 11 is 12.0. The normalized spacial score (nSPS) is 10.9. The fraction of sp³-hybridized carbons (Fsp3) is 0.182. The van der Waals surface area contributed by atoms with Crippen molar-refractivity contribution in [3.63, 3.8) is 0 Å². The second-order valence-corrected chi connectivity index (χ2v) is 4.10. The van der Waals surface area contributed by atoms with Gasteiger partial charge in [0.15, 0.2) is 0 Å². The Morgan fingerprint density at radius 2 is 1.86 bits per heavy atom. The Bertz CT molecular complexity index is 506. The summed E-state index contributed by atoms with van der Waals surface area (Å²) in [6.45, 7) is 3.96. The van der Waals surface area contributed by atoms with E-state index in [-0.39, 0.29) is 0 Å². The number of hydrogen-bond acceptors (Lipinski definition) is 1. The maximum Gasteiger partial charge on any atom is 0.129 e. The third-order valence-electron chi connectivity index (χ3n) is 2.32. The van der Waals surface area contributed by atoms with Gasteiger partial charge in [0.05, 0.1) is 5.52 Å². The summed E-state index contributed by atoms with van der Waals surface area (Å²) in [6.07, 6.45) is 0. The SMILES string of the molecule is Cc1cc2nc(Cl)ccc2c(C)c1Cl. The van der Waals surface area contributed by atoms with Crippen LogP contribution in [0.1, 0.15) is 11.1 Å². The van der Waals surface area contributed by atoms with Crippen molar-refractivity contribution >= 4 is 34.1 Å². The lowest BCUT2D eigenvalue weighted by Gasteiger charge is -2.06. The van der Waals surface area contributed by atoms with E-state index in [0.29, 0.717) is 5.15 Å². The van der Waals surface area contributed by atoms with Gasteiger partial charge < -0.3 is 0 Å². The molecule has 0 bridgehead atoms. The molecule has 0 spiro atoms. The van der Waals surface area contributed by atoms with E-state index in [0.717, 1.165) is 27.1 Å². The number of halogens is 2. The number of nitrogens with zero attached hydrogens (tertiary/aromatic N) is 1. The van der Waals surface area contributed by atoms with E-state index < -0.39 is 0 Å². The van der Waals surface area contributed by atoms with Crippen LogP contribution < -0.4 is 0 Å². The topological polar surface area (TPSA) is 12.9 Å². The molecule has 0 aliphatic heterocycles. The van der Waals surface area contributed by atoms with Gasteiger partial charge in [0, 0.05) is 10.4 Å². The van der Waals surface area contributed by atoms with Crippen LogP contribution >= 0.6 is 23.2 Å². The zero-order valence-corrected chi connectivity index (χ0v) is 9.45. The Labute approximate surface area is 92.7 Å². The fourth-order valence-corrected chi connectivity index (χ4v) is 1.87. The summed E-state index contributed by atoms with van der Waals surface area (Å²) in [7, 11) is 0. The first-order valence-corrected chi connectivity index (χ1v) is 5.07. The van der Waals surface area contributed by atoms with Crippen LogP contribution in [0.15, 0.2) is 18.2 Å². The minimum atomic E-state index is 0.513.